The first-order valence-electron chi connectivity index (χ1n) is 9.23. The fraction of sp³-hybridized carbons (Fsp3) is 0.217. The monoisotopic (exact) mass is 373 g/mol. The number of carbonyl (C=O) groups excluding carboxylic acids is 1. The molecule has 1 N–H and O–H groups in total. The number of hydrogen-bond acceptors (Lipinski definition) is 4. The molecule has 142 valence electrons. The molecule has 0 saturated heterocycles. The third kappa shape index (κ3) is 2.89. The maximum Gasteiger partial charge on any atom is 0.359 e. The Labute approximate surface area is 164 Å². The Balaban J connectivity index is 1.84. The number of ether oxygens (including phenoxy) is 1. The van der Waals surface area contributed by atoms with Gasteiger partial charge in [0.2, 0.25) is 0 Å². The topological polar surface area (TPSA) is 58.2 Å². The van der Waals surface area contributed by atoms with Gasteiger partial charge in [-0.2, -0.15) is 5.10 Å². The van der Waals surface area contributed by atoms with Crippen molar-refractivity contribution >= 4 is 17.7 Å². The van der Waals surface area contributed by atoms with Crippen LogP contribution in [0.3, 0.4) is 0 Å². The molecule has 3 aromatic rings. The van der Waals surface area contributed by atoms with Crippen LogP contribution in [-0.2, 0) is 16.6 Å². The van der Waals surface area contributed by atoms with Gasteiger partial charge in [0.1, 0.15) is 0 Å². The highest BCUT2D eigenvalue weighted by molar-refractivity contribution is 5.92. The van der Waals surface area contributed by atoms with Gasteiger partial charge >= 0.3 is 5.97 Å². The first-order valence-corrected chi connectivity index (χ1v) is 9.23. The molecule has 1 unspecified atom stereocenters. The quantitative estimate of drug-likeness (QED) is 0.707. The SMILES string of the molecule is COC(=O)c1n[nH]c2c1C=CC(c1ccccc1)(c1ccc(N(C)C)cc1)C2. The molecule has 1 atom stereocenters. The smallest absolute Gasteiger partial charge is 0.359 e. The second-order valence-corrected chi connectivity index (χ2v) is 7.24. The van der Waals surface area contributed by atoms with Gasteiger partial charge in [0, 0.05) is 42.9 Å². The zero-order valence-corrected chi connectivity index (χ0v) is 16.3. The number of aromatic nitrogens is 2. The van der Waals surface area contributed by atoms with Crippen molar-refractivity contribution in [1.82, 2.24) is 10.2 Å². The van der Waals surface area contributed by atoms with E-state index in [1.54, 1.807) is 0 Å². The number of methoxy groups -OCH3 is 1. The lowest BCUT2D eigenvalue weighted by atomic mass is 9.68. The van der Waals surface area contributed by atoms with E-state index in [4.69, 9.17) is 4.74 Å². The predicted molar refractivity (Wildman–Crippen MR) is 111 cm³/mol. The highest BCUT2D eigenvalue weighted by Gasteiger charge is 2.37. The van der Waals surface area contributed by atoms with E-state index in [0.29, 0.717) is 12.1 Å². The van der Waals surface area contributed by atoms with E-state index in [0.717, 1.165) is 16.9 Å². The minimum Gasteiger partial charge on any atom is -0.464 e. The highest BCUT2D eigenvalue weighted by Crippen LogP contribution is 2.42. The molecule has 0 spiro atoms. The molecule has 1 aliphatic rings. The molecule has 0 aliphatic heterocycles. The summed E-state index contributed by atoms with van der Waals surface area (Å²) in [5, 5.41) is 7.26. The van der Waals surface area contributed by atoms with E-state index in [9.17, 15) is 4.79 Å². The largest absolute Gasteiger partial charge is 0.464 e. The van der Waals surface area contributed by atoms with Gasteiger partial charge in [-0.05, 0) is 23.3 Å². The Morgan fingerprint density at radius 1 is 1.07 bits per heavy atom. The first kappa shape index (κ1) is 18.0. The molecule has 1 aliphatic carbocycles. The van der Waals surface area contributed by atoms with Gasteiger partial charge in [0.25, 0.3) is 0 Å². The summed E-state index contributed by atoms with van der Waals surface area (Å²) in [6.07, 6.45) is 4.85. The first-order chi connectivity index (χ1) is 13.5. The van der Waals surface area contributed by atoms with Crippen LogP contribution in [-0.4, -0.2) is 37.4 Å². The number of aromatic amines is 1. The normalized spacial score (nSPS) is 17.8. The Morgan fingerprint density at radius 2 is 1.75 bits per heavy atom. The Bertz CT molecular complexity index is 1020. The van der Waals surface area contributed by atoms with Crippen molar-refractivity contribution in [2.24, 2.45) is 0 Å². The molecule has 2 aromatic carbocycles. The third-order valence-electron chi connectivity index (χ3n) is 5.44. The van der Waals surface area contributed by atoms with E-state index in [-0.39, 0.29) is 5.41 Å². The summed E-state index contributed by atoms with van der Waals surface area (Å²) in [7, 11) is 5.44. The molecule has 0 bridgehead atoms. The molecule has 4 rings (SSSR count). The molecule has 1 heterocycles. The summed E-state index contributed by atoms with van der Waals surface area (Å²) in [5.41, 5.74) is 5.29. The van der Waals surface area contributed by atoms with Gasteiger partial charge in [0.05, 0.1) is 7.11 Å². The van der Waals surface area contributed by atoms with Crippen molar-refractivity contribution in [2.75, 3.05) is 26.1 Å². The molecule has 0 fully saturated rings. The van der Waals surface area contributed by atoms with Crippen molar-refractivity contribution in [1.29, 1.82) is 0 Å². The molecule has 1 aromatic heterocycles. The van der Waals surface area contributed by atoms with Crippen molar-refractivity contribution in [3.63, 3.8) is 0 Å². The molecular formula is C23H23N3O2. The zero-order chi connectivity index (χ0) is 19.7. The average Bonchev–Trinajstić information content (AvgIpc) is 3.16. The molecule has 5 heteroatoms. The lowest BCUT2D eigenvalue weighted by molar-refractivity contribution is 0.0593. The van der Waals surface area contributed by atoms with E-state index in [1.165, 1.54) is 18.2 Å². The molecular weight excluding hydrogens is 350 g/mol. The van der Waals surface area contributed by atoms with Crippen molar-refractivity contribution < 1.29 is 9.53 Å². The predicted octanol–water partition coefficient (Wildman–Crippen LogP) is 3.82. The van der Waals surface area contributed by atoms with Crippen LogP contribution in [0.1, 0.15) is 32.9 Å². The molecule has 0 radical (unpaired) electrons. The third-order valence-corrected chi connectivity index (χ3v) is 5.44. The molecule has 28 heavy (non-hydrogen) atoms. The number of allylic oxidation sites excluding steroid dienone is 1. The number of nitrogens with one attached hydrogen (secondary N) is 1. The maximum absolute atomic E-state index is 12.0. The Hall–Kier alpha value is -3.34. The van der Waals surface area contributed by atoms with Crippen LogP contribution in [0.2, 0.25) is 0 Å². The van der Waals surface area contributed by atoms with Crippen LogP contribution in [0, 0.1) is 0 Å². The summed E-state index contributed by atoms with van der Waals surface area (Å²) < 4.78 is 4.86. The van der Waals surface area contributed by atoms with Gasteiger partial charge in [-0.15, -0.1) is 0 Å². The van der Waals surface area contributed by atoms with Crippen molar-refractivity contribution in [2.45, 2.75) is 11.8 Å². The lowest BCUT2D eigenvalue weighted by Crippen LogP contribution is -2.30. The highest BCUT2D eigenvalue weighted by atomic mass is 16.5. The number of fused-ring (bicyclic) bond motifs is 1. The maximum atomic E-state index is 12.0. The van der Waals surface area contributed by atoms with E-state index >= 15 is 0 Å². The van der Waals surface area contributed by atoms with Crippen LogP contribution in [0.15, 0.2) is 60.7 Å². The van der Waals surface area contributed by atoms with Gasteiger partial charge in [0.15, 0.2) is 5.69 Å². The van der Waals surface area contributed by atoms with Crippen LogP contribution < -0.4 is 4.90 Å². The number of benzene rings is 2. The van der Waals surface area contributed by atoms with Gasteiger partial charge < -0.3 is 9.64 Å². The number of anilines is 1. The molecule has 5 nitrogen and oxygen atoms in total. The summed E-state index contributed by atoms with van der Waals surface area (Å²) in [6, 6.07) is 19.1. The Morgan fingerprint density at radius 3 is 2.39 bits per heavy atom. The average molecular weight is 373 g/mol. The summed E-state index contributed by atoms with van der Waals surface area (Å²) in [6.45, 7) is 0. The minimum absolute atomic E-state index is 0.332. The Kier molecular flexibility index (Phi) is 4.51. The summed E-state index contributed by atoms with van der Waals surface area (Å²) in [5.74, 6) is -0.426. The van der Waals surface area contributed by atoms with Gasteiger partial charge in [-0.1, -0.05) is 54.6 Å². The second kappa shape index (κ2) is 7.00. The fourth-order valence-corrected chi connectivity index (χ4v) is 3.87. The van der Waals surface area contributed by atoms with E-state index < -0.39 is 5.97 Å². The number of esters is 1. The number of H-pyrrole nitrogens is 1. The van der Waals surface area contributed by atoms with Crippen LogP contribution in [0.25, 0.3) is 6.08 Å². The minimum atomic E-state index is -0.426. The zero-order valence-electron chi connectivity index (χ0n) is 16.3. The van der Waals surface area contributed by atoms with E-state index in [1.807, 2.05) is 26.2 Å². The van der Waals surface area contributed by atoms with Crippen LogP contribution >= 0.6 is 0 Å². The van der Waals surface area contributed by atoms with Crippen molar-refractivity contribution in [3.05, 3.63) is 88.8 Å². The number of nitrogens with zero attached hydrogens (tertiary/aromatic N) is 2. The lowest BCUT2D eigenvalue weighted by Gasteiger charge is -2.34. The number of carbonyl (C=O) groups is 1. The summed E-state index contributed by atoms with van der Waals surface area (Å²) >= 11 is 0. The number of hydrogen-bond donors (Lipinski definition) is 1. The van der Waals surface area contributed by atoms with Crippen LogP contribution in [0.5, 0.6) is 0 Å². The molecule has 0 amide bonds. The van der Waals surface area contributed by atoms with Crippen LogP contribution in [0.4, 0.5) is 5.69 Å². The molecule has 0 saturated carbocycles. The van der Waals surface area contributed by atoms with Gasteiger partial charge in [-0.25, -0.2) is 4.79 Å². The van der Waals surface area contributed by atoms with Gasteiger partial charge in [-0.3, -0.25) is 5.10 Å². The fourth-order valence-electron chi connectivity index (χ4n) is 3.87. The van der Waals surface area contributed by atoms with Crippen molar-refractivity contribution in [3.8, 4) is 0 Å². The number of rotatable bonds is 4. The standard InChI is InChI=1S/C23H23N3O2/c1-26(2)18-11-9-17(10-12-18)23(16-7-5-4-6-8-16)14-13-19-20(15-23)24-25-21(19)22(27)28-3/h4-14H,15H2,1-3H3,(H,24,25). The summed E-state index contributed by atoms with van der Waals surface area (Å²) in [4.78, 5) is 14.1. The van der Waals surface area contributed by atoms with E-state index in [2.05, 4.69) is 69.7 Å². The second-order valence-electron chi connectivity index (χ2n) is 7.24.